The van der Waals surface area contributed by atoms with Crippen molar-refractivity contribution in [1.82, 2.24) is 20.3 Å². The van der Waals surface area contributed by atoms with Gasteiger partial charge in [0.1, 0.15) is 17.4 Å². The molecule has 178 valence electrons. The molecule has 1 N–H and O–H groups in total. The lowest BCUT2D eigenvalue weighted by Crippen LogP contribution is -2.28. The maximum atomic E-state index is 13.4. The van der Waals surface area contributed by atoms with Crippen LogP contribution in [0.4, 0.5) is 0 Å². The van der Waals surface area contributed by atoms with Gasteiger partial charge < -0.3 is 14.8 Å². The Labute approximate surface area is 204 Å². The second-order valence-electron chi connectivity index (χ2n) is 9.10. The Hall–Kier alpha value is -2.84. The van der Waals surface area contributed by atoms with Gasteiger partial charge in [0.15, 0.2) is 0 Å². The number of aromatic nitrogens is 3. The first kappa shape index (κ1) is 22.9. The first-order valence-electron chi connectivity index (χ1n) is 12.0. The number of rotatable bonds is 8. The molecule has 7 nitrogen and oxygen atoms in total. The Morgan fingerprint density at radius 3 is 2.76 bits per heavy atom. The third-order valence-corrected chi connectivity index (χ3v) is 7.74. The average molecular weight is 479 g/mol. The minimum absolute atomic E-state index is 0.0487. The van der Waals surface area contributed by atoms with Crippen LogP contribution in [0.3, 0.4) is 0 Å². The highest BCUT2D eigenvalue weighted by atomic mass is 32.1. The van der Waals surface area contributed by atoms with Crippen LogP contribution in [0.25, 0.3) is 10.6 Å². The lowest BCUT2D eigenvalue weighted by Gasteiger charge is -2.23. The van der Waals surface area contributed by atoms with Gasteiger partial charge in [0.2, 0.25) is 0 Å². The number of carbonyl (C=O) groups is 1. The zero-order chi connectivity index (χ0) is 23.5. The summed E-state index contributed by atoms with van der Waals surface area (Å²) in [6.45, 7) is 4.96. The minimum atomic E-state index is -0.291. The molecule has 1 aliphatic heterocycles. The summed E-state index contributed by atoms with van der Waals surface area (Å²) in [6, 6.07) is 5.39. The van der Waals surface area contributed by atoms with Crippen molar-refractivity contribution in [2.24, 2.45) is 0 Å². The number of aryl methyl sites for hydroxylation is 1. The second-order valence-corrected chi connectivity index (χ2v) is 10.2. The molecule has 1 saturated carbocycles. The van der Waals surface area contributed by atoms with E-state index in [1.165, 1.54) is 24.1 Å². The van der Waals surface area contributed by atoms with Crippen molar-refractivity contribution >= 4 is 17.2 Å². The van der Waals surface area contributed by atoms with Crippen molar-refractivity contribution in [1.29, 1.82) is 0 Å². The second kappa shape index (κ2) is 10.2. The van der Waals surface area contributed by atoms with Gasteiger partial charge in [-0.2, -0.15) is 0 Å². The molecule has 2 aromatic heterocycles. The van der Waals surface area contributed by atoms with Crippen molar-refractivity contribution in [3.63, 3.8) is 0 Å². The molecule has 2 aliphatic rings. The summed E-state index contributed by atoms with van der Waals surface area (Å²) in [5, 5.41) is 3.94. The minimum Gasteiger partial charge on any atom is -0.489 e. The van der Waals surface area contributed by atoms with Crippen LogP contribution in [0, 0.1) is 6.92 Å². The van der Waals surface area contributed by atoms with Crippen molar-refractivity contribution < 1.29 is 14.3 Å². The number of ether oxygens (including phenoxy) is 2. The molecule has 1 saturated heterocycles. The number of nitrogens with zero attached hydrogens (tertiary/aromatic N) is 3. The molecule has 3 aromatic rings. The summed E-state index contributed by atoms with van der Waals surface area (Å²) in [5.74, 6) is 0.965. The van der Waals surface area contributed by atoms with Crippen molar-refractivity contribution in [2.75, 3.05) is 13.2 Å². The molecule has 8 heteroatoms. The normalized spacial score (nSPS) is 18.9. The number of nitrogens with one attached hydrogen (secondary N) is 1. The molecule has 1 amide bonds. The SMILES string of the molecule is Cc1cnc([C@@H](C)NC(=O)c2cccc(-c3ncc(C4CCC4)s3)c2OC[C@@H]2CCCO2)cn1. The largest absolute Gasteiger partial charge is 0.489 e. The molecule has 0 bridgehead atoms. The molecular formula is C26H30N4O3S. The van der Waals surface area contributed by atoms with E-state index in [1.807, 2.05) is 32.2 Å². The van der Waals surface area contributed by atoms with E-state index in [2.05, 4.69) is 15.3 Å². The molecule has 0 radical (unpaired) electrons. The zero-order valence-electron chi connectivity index (χ0n) is 19.6. The standard InChI is InChI=1S/C26H30N4O3S/c1-16-12-28-22(13-27-16)17(2)30-25(31)20-9-4-10-21(24(20)33-15-19-8-5-11-32-19)26-29-14-23(34-26)18-6-3-7-18/h4,9-10,12-14,17-19H,3,5-8,11,15H2,1-2H3,(H,30,31)/t17-,19+/m1/s1. The van der Waals surface area contributed by atoms with Crippen LogP contribution in [0.1, 0.15) is 77.6 Å². The highest BCUT2D eigenvalue weighted by Gasteiger charge is 2.26. The van der Waals surface area contributed by atoms with E-state index in [-0.39, 0.29) is 18.1 Å². The van der Waals surface area contributed by atoms with Gasteiger partial charge in [-0.15, -0.1) is 11.3 Å². The quantitative estimate of drug-likeness (QED) is 0.477. The highest BCUT2D eigenvalue weighted by molar-refractivity contribution is 7.15. The Morgan fingerprint density at radius 1 is 1.18 bits per heavy atom. The topological polar surface area (TPSA) is 86.2 Å². The number of hydrogen-bond donors (Lipinski definition) is 1. The zero-order valence-corrected chi connectivity index (χ0v) is 20.4. The molecular weight excluding hydrogens is 448 g/mol. The van der Waals surface area contributed by atoms with Crippen LogP contribution < -0.4 is 10.1 Å². The molecule has 34 heavy (non-hydrogen) atoms. The van der Waals surface area contributed by atoms with Crippen LogP contribution in [0.2, 0.25) is 0 Å². The van der Waals surface area contributed by atoms with Crippen molar-refractivity contribution in [2.45, 2.75) is 64.0 Å². The summed E-state index contributed by atoms with van der Waals surface area (Å²) in [6.07, 6.45) is 11.2. The van der Waals surface area contributed by atoms with Gasteiger partial charge in [-0.3, -0.25) is 14.8 Å². The monoisotopic (exact) mass is 478 g/mol. The predicted molar refractivity (Wildman–Crippen MR) is 131 cm³/mol. The number of benzene rings is 1. The molecule has 3 heterocycles. The van der Waals surface area contributed by atoms with Gasteiger partial charge in [-0.05, 0) is 57.6 Å². The van der Waals surface area contributed by atoms with E-state index in [4.69, 9.17) is 14.5 Å². The maximum Gasteiger partial charge on any atom is 0.255 e. The van der Waals surface area contributed by atoms with Gasteiger partial charge in [0.25, 0.3) is 5.91 Å². The van der Waals surface area contributed by atoms with E-state index in [0.29, 0.717) is 29.5 Å². The van der Waals surface area contributed by atoms with Gasteiger partial charge in [-0.1, -0.05) is 12.5 Å². The lowest BCUT2D eigenvalue weighted by atomic mass is 9.85. The first-order chi connectivity index (χ1) is 16.6. The molecule has 2 fully saturated rings. The van der Waals surface area contributed by atoms with Crippen LogP contribution >= 0.6 is 11.3 Å². The molecule has 0 unspecified atom stereocenters. The van der Waals surface area contributed by atoms with Crippen LogP contribution in [0.15, 0.2) is 36.8 Å². The van der Waals surface area contributed by atoms with E-state index in [9.17, 15) is 4.79 Å². The highest BCUT2D eigenvalue weighted by Crippen LogP contribution is 2.43. The number of para-hydroxylation sites is 1. The Kier molecular flexibility index (Phi) is 6.87. The smallest absolute Gasteiger partial charge is 0.255 e. The van der Waals surface area contributed by atoms with Crippen LogP contribution in [-0.2, 0) is 4.74 Å². The Morgan fingerprint density at radius 2 is 2.06 bits per heavy atom. The van der Waals surface area contributed by atoms with Crippen LogP contribution in [0.5, 0.6) is 5.75 Å². The molecule has 1 aliphatic carbocycles. The molecule has 5 rings (SSSR count). The number of amides is 1. The van der Waals surface area contributed by atoms with E-state index in [0.717, 1.165) is 35.7 Å². The van der Waals surface area contributed by atoms with E-state index in [1.54, 1.807) is 29.8 Å². The van der Waals surface area contributed by atoms with Gasteiger partial charge in [0, 0.05) is 23.9 Å². The lowest BCUT2D eigenvalue weighted by molar-refractivity contribution is 0.0672. The molecule has 0 spiro atoms. The van der Waals surface area contributed by atoms with E-state index >= 15 is 0 Å². The van der Waals surface area contributed by atoms with Crippen LogP contribution in [-0.4, -0.2) is 40.2 Å². The fraction of sp³-hybridized carbons (Fsp3) is 0.462. The number of thiazole rings is 1. The fourth-order valence-corrected chi connectivity index (χ4v) is 5.37. The summed E-state index contributed by atoms with van der Waals surface area (Å²) in [7, 11) is 0. The Bertz CT molecular complexity index is 1140. The predicted octanol–water partition coefficient (Wildman–Crippen LogP) is 5.22. The van der Waals surface area contributed by atoms with Gasteiger partial charge in [0.05, 0.1) is 40.9 Å². The molecule has 2 atom stereocenters. The number of carbonyl (C=O) groups excluding carboxylic acids is 1. The summed E-state index contributed by atoms with van der Waals surface area (Å²) < 4.78 is 12.1. The maximum absolute atomic E-state index is 13.4. The third-order valence-electron chi connectivity index (χ3n) is 6.55. The van der Waals surface area contributed by atoms with E-state index < -0.39 is 0 Å². The van der Waals surface area contributed by atoms with Crippen molar-refractivity contribution in [3.05, 3.63) is 58.6 Å². The summed E-state index contributed by atoms with van der Waals surface area (Å²) in [4.78, 5) is 28.1. The summed E-state index contributed by atoms with van der Waals surface area (Å²) >= 11 is 1.70. The fourth-order valence-electron chi connectivity index (χ4n) is 4.26. The van der Waals surface area contributed by atoms with Gasteiger partial charge in [-0.25, -0.2) is 4.98 Å². The third kappa shape index (κ3) is 4.98. The summed E-state index contributed by atoms with van der Waals surface area (Å²) in [5.41, 5.74) is 2.89. The number of hydrogen-bond acceptors (Lipinski definition) is 7. The average Bonchev–Trinajstić information content (AvgIpc) is 3.49. The molecule has 1 aromatic carbocycles. The Balaban J connectivity index is 1.42. The van der Waals surface area contributed by atoms with Gasteiger partial charge >= 0.3 is 0 Å². The van der Waals surface area contributed by atoms with Crippen molar-refractivity contribution in [3.8, 4) is 16.3 Å². The first-order valence-corrected chi connectivity index (χ1v) is 12.8.